The number of nitrogens with zero attached hydrogens (tertiary/aromatic N) is 1. The number of quaternary nitrogens is 1. The summed E-state index contributed by atoms with van der Waals surface area (Å²) in [5.41, 5.74) is 0. The highest BCUT2D eigenvalue weighted by atomic mass is 31.2. The molecule has 0 aliphatic heterocycles. The molecular formula is C60H110NO8P. The summed E-state index contributed by atoms with van der Waals surface area (Å²) < 4.78 is 34.1. The molecule has 0 aromatic heterocycles. The molecule has 0 aliphatic carbocycles. The predicted octanol–water partition coefficient (Wildman–Crippen LogP) is 17.3. The summed E-state index contributed by atoms with van der Waals surface area (Å²) in [6.07, 6.45) is 65.6. The molecule has 408 valence electrons. The van der Waals surface area contributed by atoms with Crippen LogP contribution in [0.15, 0.2) is 60.8 Å². The summed E-state index contributed by atoms with van der Waals surface area (Å²) in [6.45, 7) is 4.15. The maximum absolute atomic E-state index is 12.8. The van der Waals surface area contributed by atoms with Gasteiger partial charge in [-0.05, 0) is 57.8 Å². The average molecular weight is 1000 g/mol. The summed E-state index contributed by atoms with van der Waals surface area (Å²) >= 11 is 0. The third-order valence-corrected chi connectivity index (χ3v) is 13.5. The minimum absolute atomic E-state index is 0.0296. The number of carbonyl (C=O) groups excluding carboxylic acids is 2. The van der Waals surface area contributed by atoms with Crippen molar-refractivity contribution >= 4 is 19.8 Å². The van der Waals surface area contributed by atoms with Gasteiger partial charge in [0.25, 0.3) is 7.82 Å². The number of allylic oxidation sites excluding steroid dienone is 10. The fourth-order valence-corrected chi connectivity index (χ4v) is 8.82. The number of phosphoric acid groups is 1. The second-order valence-electron chi connectivity index (χ2n) is 20.6. The molecule has 2 unspecified atom stereocenters. The molecule has 0 spiro atoms. The first-order valence-electron chi connectivity index (χ1n) is 29.0. The van der Waals surface area contributed by atoms with Crippen LogP contribution in [-0.2, 0) is 32.7 Å². The van der Waals surface area contributed by atoms with E-state index in [1.54, 1.807) is 0 Å². The molecule has 0 bridgehead atoms. The van der Waals surface area contributed by atoms with Crippen LogP contribution in [0.1, 0.15) is 258 Å². The molecule has 0 rings (SSSR count). The van der Waals surface area contributed by atoms with E-state index in [0.717, 1.165) is 70.6 Å². The minimum Gasteiger partial charge on any atom is -0.756 e. The minimum atomic E-state index is -4.63. The second kappa shape index (κ2) is 51.6. The van der Waals surface area contributed by atoms with Gasteiger partial charge in [-0.3, -0.25) is 14.2 Å². The number of rotatable bonds is 53. The predicted molar refractivity (Wildman–Crippen MR) is 296 cm³/mol. The van der Waals surface area contributed by atoms with E-state index < -0.39 is 26.5 Å². The van der Waals surface area contributed by atoms with Gasteiger partial charge in [0.2, 0.25) is 0 Å². The summed E-state index contributed by atoms with van der Waals surface area (Å²) in [7, 11) is 1.17. The maximum atomic E-state index is 12.8. The van der Waals surface area contributed by atoms with Gasteiger partial charge in [-0.15, -0.1) is 0 Å². The highest BCUT2D eigenvalue weighted by Crippen LogP contribution is 2.38. The SMILES string of the molecule is CC/C=C\C/C=C\C/C=C\C/C=C\C/C=C\CCCCCCCCCCCCCCCCCCCC(=O)OC(COC(=O)CCCCCCCCCCCCCCC)COP(=O)([O-])OCC[N+](C)(C)C. The Morgan fingerprint density at radius 3 is 1.21 bits per heavy atom. The molecule has 2 atom stereocenters. The highest BCUT2D eigenvalue weighted by molar-refractivity contribution is 7.45. The van der Waals surface area contributed by atoms with Crippen LogP contribution in [0.5, 0.6) is 0 Å². The van der Waals surface area contributed by atoms with E-state index >= 15 is 0 Å². The number of likely N-dealkylation sites (N-methyl/N-ethyl adjacent to an activating group) is 1. The van der Waals surface area contributed by atoms with Crippen molar-refractivity contribution in [2.45, 2.75) is 264 Å². The zero-order valence-corrected chi connectivity index (χ0v) is 47.1. The lowest BCUT2D eigenvalue weighted by atomic mass is 10.0. The summed E-state index contributed by atoms with van der Waals surface area (Å²) in [6, 6.07) is 0. The van der Waals surface area contributed by atoms with Crippen LogP contribution in [0.25, 0.3) is 0 Å². The number of unbranched alkanes of at least 4 members (excludes halogenated alkanes) is 29. The Labute approximate surface area is 432 Å². The number of hydrogen-bond donors (Lipinski definition) is 0. The molecule has 0 amide bonds. The summed E-state index contributed by atoms with van der Waals surface area (Å²) in [5.74, 6) is -0.824. The summed E-state index contributed by atoms with van der Waals surface area (Å²) in [5, 5.41) is 0. The first-order valence-corrected chi connectivity index (χ1v) is 30.5. The Balaban J connectivity index is 4.02. The Kier molecular flexibility index (Phi) is 49.9. The first kappa shape index (κ1) is 67.7. The van der Waals surface area contributed by atoms with Crippen LogP contribution in [-0.4, -0.2) is 70.0 Å². The van der Waals surface area contributed by atoms with Gasteiger partial charge in [0.15, 0.2) is 6.10 Å². The van der Waals surface area contributed by atoms with Crippen molar-refractivity contribution in [2.24, 2.45) is 0 Å². The lowest BCUT2D eigenvalue weighted by Gasteiger charge is -2.28. The van der Waals surface area contributed by atoms with Crippen molar-refractivity contribution in [3.05, 3.63) is 60.8 Å². The Morgan fingerprint density at radius 1 is 0.457 bits per heavy atom. The second-order valence-corrected chi connectivity index (χ2v) is 22.0. The molecule has 0 heterocycles. The van der Waals surface area contributed by atoms with Crippen molar-refractivity contribution in [1.29, 1.82) is 0 Å². The van der Waals surface area contributed by atoms with Crippen LogP contribution in [0.2, 0.25) is 0 Å². The van der Waals surface area contributed by atoms with E-state index in [1.165, 1.54) is 154 Å². The van der Waals surface area contributed by atoms with Gasteiger partial charge in [0.05, 0.1) is 27.7 Å². The van der Waals surface area contributed by atoms with Gasteiger partial charge in [-0.2, -0.15) is 0 Å². The first-order chi connectivity index (χ1) is 34.0. The number of ether oxygens (including phenoxy) is 2. The smallest absolute Gasteiger partial charge is 0.306 e. The molecule has 0 saturated carbocycles. The van der Waals surface area contributed by atoms with Crippen LogP contribution in [0.3, 0.4) is 0 Å². The highest BCUT2D eigenvalue weighted by Gasteiger charge is 2.22. The zero-order valence-electron chi connectivity index (χ0n) is 46.2. The van der Waals surface area contributed by atoms with E-state index in [2.05, 4.69) is 74.6 Å². The Bertz CT molecular complexity index is 1370. The average Bonchev–Trinajstić information content (AvgIpc) is 3.32. The van der Waals surface area contributed by atoms with Crippen molar-refractivity contribution < 1.29 is 42.1 Å². The quantitative estimate of drug-likeness (QED) is 0.0195. The third kappa shape index (κ3) is 55.0. The van der Waals surface area contributed by atoms with Crippen molar-refractivity contribution in [3.8, 4) is 0 Å². The van der Waals surface area contributed by atoms with E-state index in [4.69, 9.17) is 18.5 Å². The van der Waals surface area contributed by atoms with E-state index in [0.29, 0.717) is 17.4 Å². The third-order valence-electron chi connectivity index (χ3n) is 12.6. The lowest BCUT2D eigenvalue weighted by Crippen LogP contribution is -2.37. The molecular weight excluding hydrogens is 894 g/mol. The van der Waals surface area contributed by atoms with Crippen LogP contribution < -0.4 is 4.89 Å². The van der Waals surface area contributed by atoms with Gasteiger partial charge in [0, 0.05) is 12.8 Å². The monoisotopic (exact) mass is 1000 g/mol. The lowest BCUT2D eigenvalue weighted by molar-refractivity contribution is -0.870. The van der Waals surface area contributed by atoms with Crippen LogP contribution in [0, 0.1) is 0 Å². The molecule has 0 aromatic carbocycles. The number of hydrogen-bond acceptors (Lipinski definition) is 8. The molecule has 0 fully saturated rings. The Morgan fingerprint density at radius 2 is 0.814 bits per heavy atom. The normalized spacial score (nSPS) is 13.7. The van der Waals surface area contributed by atoms with Crippen molar-refractivity contribution in [1.82, 2.24) is 0 Å². The van der Waals surface area contributed by atoms with Crippen molar-refractivity contribution in [3.63, 3.8) is 0 Å². The van der Waals surface area contributed by atoms with Gasteiger partial charge < -0.3 is 27.9 Å². The van der Waals surface area contributed by atoms with E-state index in [1.807, 2.05) is 21.1 Å². The zero-order chi connectivity index (χ0) is 51.3. The molecule has 70 heavy (non-hydrogen) atoms. The summed E-state index contributed by atoms with van der Waals surface area (Å²) in [4.78, 5) is 37.8. The van der Waals surface area contributed by atoms with Gasteiger partial charge in [-0.25, -0.2) is 0 Å². The molecule has 10 heteroatoms. The fraction of sp³-hybridized carbons (Fsp3) is 0.800. The number of carbonyl (C=O) groups is 2. The van der Waals surface area contributed by atoms with Crippen molar-refractivity contribution in [2.75, 3.05) is 47.5 Å². The molecule has 0 aliphatic rings. The van der Waals surface area contributed by atoms with Crippen LogP contribution >= 0.6 is 7.82 Å². The maximum Gasteiger partial charge on any atom is 0.306 e. The molecule has 9 nitrogen and oxygen atoms in total. The standard InChI is InChI=1S/C60H110NO8P/c1-6-8-10-12-14-16-18-20-21-22-23-24-25-26-27-28-29-30-31-32-33-34-35-36-37-38-39-41-43-45-47-49-51-53-60(63)69-58(57-68-70(64,65)67-55-54-61(3,4)5)56-66-59(62)52-50-48-46-44-42-40-19-17-15-13-11-9-7-2/h8,10,14,16,20-21,23-24,26-27,58H,6-7,9,11-13,15,17-19,22,25,28-57H2,1-5H3/b10-8-,16-14-,21-20-,24-23-,27-26-. The van der Waals surface area contributed by atoms with Gasteiger partial charge in [0.1, 0.15) is 19.8 Å². The van der Waals surface area contributed by atoms with Crippen LogP contribution in [0.4, 0.5) is 0 Å². The topological polar surface area (TPSA) is 111 Å². The Hall–Kier alpha value is -2.29. The van der Waals surface area contributed by atoms with E-state index in [9.17, 15) is 19.0 Å². The largest absolute Gasteiger partial charge is 0.756 e. The van der Waals surface area contributed by atoms with Gasteiger partial charge >= 0.3 is 11.9 Å². The number of phosphoric ester groups is 1. The van der Waals surface area contributed by atoms with E-state index in [-0.39, 0.29) is 32.0 Å². The molecule has 0 saturated heterocycles. The molecule has 0 aromatic rings. The fourth-order valence-electron chi connectivity index (χ4n) is 8.10. The molecule has 0 radical (unpaired) electrons. The number of esters is 2. The van der Waals surface area contributed by atoms with Gasteiger partial charge in [-0.1, -0.05) is 248 Å². The molecule has 0 N–H and O–H groups in total.